The molecule has 3 heterocycles. The highest BCUT2D eigenvalue weighted by atomic mass is 15.1. The van der Waals surface area contributed by atoms with Crippen molar-refractivity contribution in [3.8, 4) is 0 Å². The summed E-state index contributed by atoms with van der Waals surface area (Å²) in [4.78, 5) is 9.23. The Morgan fingerprint density at radius 2 is 2.30 bits per heavy atom. The molecule has 3 N–H and O–H groups in total. The number of anilines is 1. The quantitative estimate of drug-likeness (QED) is 0.889. The summed E-state index contributed by atoms with van der Waals surface area (Å²) in [7, 11) is 0. The van der Waals surface area contributed by atoms with Crippen LogP contribution in [0, 0.1) is 11.3 Å². The lowest BCUT2D eigenvalue weighted by Crippen LogP contribution is -2.16. The molecular weight excluding hydrogens is 250 g/mol. The van der Waals surface area contributed by atoms with Gasteiger partial charge in [-0.3, -0.25) is 4.40 Å². The van der Waals surface area contributed by atoms with E-state index in [-0.39, 0.29) is 0 Å². The van der Waals surface area contributed by atoms with Gasteiger partial charge in [0.1, 0.15) is 17.2 Å². The molecule has 1 atom stereocenters. The van der Waals surface area contributed by atoms with E-state index < -0.39 is 0 Å². The van der Waals surface area contributed by atoms with Crippen LogP contribution in [0.25, 0.3) is 5.52 Å². The Morgan fingerprint density at radius 1 is 1.45 bits per heavy atom. The molecule has 0 spiro atoms. The van der Waals surface area contributed by atoms with E-state index in [1.165, 1.54) is 25.0 Å². The highest BCUT2D eigenvalue weighted by Crippen LogP contribution is 2.76. The fourth-order valence-electron chi connectivity index (χ4n) is 3.86. The zero-order valence-electron chi connectivity index (χ0n) is 11.5. The van der Waals surface area contributed by atoms with Gasteiger partial charge in [-0.15, -0.1) is 0 Å². The maximum absolute atomic E-state index is 6.13. The first-order chi connectivity index (χ1) is 9.77. The van der Waals surface area contributed by atoms with E-state index in [1.54, 1.807) is 6.20 Å². The largest absolute Gasteiger partial charge is 0.382 e. The third-order valence-corrected chi connectivity index (χ3v) is 5.43. The van der Waals surface area contributed by atoms with Crippen molar-refractivity contribution in [1.29, 1.82) is 0 Å². The van der Waals surface area contributed by atoms with Crippen LogP contribution in [0.2, 0.25) is 0 Å². The van der Waals surface area contributed by atoms with Gasteiger partial charge in [0, 0.05) is 12.4 Å². The van der Waals surface area contributed by atoms with Crippen molar-refractivity contribution >= 4 is 11.3 Å². The van der Waals surface area contributed by atoms with Gasteiger partial charge in [0.05, 0.1) is 11.7 Å². The second-order valence-electron chi connectivity index (χ2n) is 6.74. The summed E-state index contributed by atoms with van der Waals surface area (Å²) in [6, 6.07) is 0.366. The van der Waals surface area contributed by atoms with Gasteiger partial charge < -0.3 is 11.1 Å². The molecule has 2 saturated carbocycles. The maximum atomic E-state index is 6.13. The zero-order chi connectivity index (χ0) is 13.3. The van der Waals surface area contributed by atoms with Crippen LogP contribution >= 0.6 is 0 Å². The lowest BCUT2D eigenvalue weighted by Gasteiger charge is -2.08. The molecule has 0 aromatic carbocycles. The number of nitrogen functional groups attached to an aromatic ring is 1. The highest BCUT2D eigenvalue weighted by Gasteiger charge is 2.69. The normalized spacial score (nSPS) is 34.4. The Balaban J connectivity index is 1.65. The summed E-state index contributed by atoms with van der Waals surface area (Å²) in [6.45, 7) is 1.08. The number of nitrogens with two attached hydrogens (primary N) is 1. The standard InChI is InChI=1S/C15H19N5/c16-13-12-11(8-15-6-9(15)7-15)19-14(10-2-1-3-17-10)20(12)5-4-18-13/h4-5,9-10,17H,1-3,6-8H2,(H2,16,18)/t9?,10-,15?/m0/s1. The van der Waals surface area contributed by atoms with E-state index in [0.29, 0.717) is 17.3 Å². The van der Waals surface area contributed by atoms with Crippen molar-refractivity contribution in [2.24, 2.45) is 11.3 Å². The molecule has 20 heavy (non-hydrogen) atoms. The number of imidazole rings is 1. The first kappa shape index (κ1) is 11.1. The first-order valence-electron chi connectivity index (χ1n) is 7.61. The lowest BCUT2D eigenvalue weighted by molar-refractivity contribution is 0.594. The monoisotopic (exact) mass is 269 g/mol. The topological polar surface area (TPSA) is 68.2 Å². The van der Waals surface area contributed by atoms with E-state index in [0.717, 1.165) is 36.6 Å². The van der Waals surface area contributed by atoms with E-state index in [4.69, 9.17) is 10.7 Å². The van der Waals surface area contributed by atoms with E-state index in [2.05, 4.69) is 14.7 Å². The summed E-state index contributed by atoms with van der Waals surface area (Å²) < 4.78 is 2.16. The van der Waals surface area contributed by atoms with Crippen molar-refractivity contribution in [2.45, 2.75) is 38.1 Å². The minimum atomic E-state index is 0.366. The smallest absolute Gasteiger partial charge is 0.149 e. The lowest BCUT2D eigenvalue weighted by atomic mass is 10.1. The molecule has 0 unspecified atom stereocenters. The van der Waals surface area contributed by atoms with Gasteiger partial charge >= 0.3 is 0 Å². The molecule has 5 heteroatoms. The molecule has 104 valence electrons. The molecule has 5 nitrogen and oxygen atoms in total. The van der Waals surface area contributed by atoms with E-state index in [1.807, 2.05) is 6.20 Å². The Hall–Kier alpha value is -1.62. The number of rotatable bonds is 3. The molecule has 1 aliphatic heterocycles. The molecule has 3 aliphatic rings. The van der Waals surface area contributed by atoms with Crippen LogP contribution < -0.4 is 11.1 Å². The van der Waals surface area contributed by atoms with Crippen molar-refractivity contribution in [1.82, 2.24) is 19.7 Å². The average Bonchev–Trinajstić information content (AvgIpc) is 3.08. The molecule has 1 saturated heterocycles. The summed E-state index contributed by atoms with van der Waals surface area (Å²) >= 11 is 0. The SMILES string of the molecule is Nc1nccn2c([C@@H]3CCCN3)nc(CC34CC3C4)c12. The third kappa shape index (κ3) is 1.41. The average molecular weight is 269 g/mol. The molecule has 2 aliphatic carbocycles. The first-order valence-corrected chi connectivity index (χ1v) is 7.61. The Morgan fingerprint density at radius 3 is 3.00 bits per heavy atom. The molecule has 5 rings (SSSR count). The van der Waals surface area contributed by atoms with Gasteiger partial charge in [0.15, 0.2) is 0 Å². The second-order valence-corrected chi connectivity index (χ2v) is 6.74. The van der Waals surface area contributed by atoms with Crippen LogP contribution in [-0.2, 0) is 6.42 Å². The molecule has 0 amide bonds. The molecular formula is C15H19N5. The fourth-order valence-corrected chi connectivity index (χ4v) is 3.86. The van der Waals surface area contributed by atoms with Gasteiger partial charge in [-0.25, -0.2) is 9.97 Å². The summed E-state index contributed by atoms with van der Waals surface area (Å²) in [5.41, 5.74) is 8.93. The third-order valence-electron chi connectivity index (χ3n) is 5.43. The molecule has 3 fully saturated rings. The van der Waals surface area contributed by atoms with Gasteiger partial charge in [-0.05, 0) is 50.0 Å². The highest BCUT2D eigenvalue weighted by molar-refractivity contribution is 5.69. The van der Waals surface area contributed by atoms with Crippen LogP contribution in [0.1, 0.15) is 43.2 Å². The second kappa shape index (κ2) is 3.52. The number of hydrogen-bond donors (Lipinski definition) is 2. The minimum Gasteiger partial charge on any atom is -0.382 e. The van der Waals surface area contributed by atoms with Crippen molar-refractivity contribution in [2.75, 3.05) is 12.3 Å². The molecule has 2 aromatic rings. The van der Waals surface area contributed by atoms with Gasteiger partial charge in [-0.2, -0.15) is 0 Å². The van der Waals surface area contributed by atoms with Crippen molar-refractivity contribution in [3.05, 3.63) is 23.9 Å². The van der Waals surface area contributed by atoms with Gasteiger partial charge in [-0.1, -0.05) is 0 Å². The fraction of sp³-hybridized carbons (Fsp3) is 0.600. The maximum Gasteiger partial charge on any atom is 0.149 e. The van der Waals surface area contributed by atoms with Crippen LogP contribution in [0.4, 0.5) is 5.82 Å². The van der Waals surface area contributed by atoms with Crippen LogP contribution in [-0.4, -0.2) is 20.9 Å². The van der Waals surface area contributed by atoms with Crippen molar-refractivity contribution in [3.63, 3.8) is 0 Å². The van der Waals surface area contributed by atoms with Gasteiger partial charge in [0.2, 0.25) is 0 Å². The van der Waals surface area contributed by atoms with Crippen molar-refractivity contribution < 1.29 is 0 Å². The zero-order valence-corrected chi connectivity index (χ0v) is 11.5. The minimum absolute atomic E-state index is 0.366. The number of hydrogen-bond acceptors (Lipinski definition) is 4. The molecule has 0 bridgehead atoms. The summed E-state index contributed by atoms with van der Waals surface area (Å²) in [6.07, 6.45) is 10.0. The van der Waals surface area contributed by atoms with E-state index >= 15 is 0 Å². The Labute approximate surface area is 117 Å². The number of fused-ring (bicyclic) bond motifs is 2. The van der Waals surface area contributed by atoms with Crippen LogP contribution in [0.15, 0.2) is 12.4 Å². The predicted molar refractivity (Wildman–Crippen MR) is 76.2 cm³/mol. The Kier molecular flexibility index (Phi) is 1.95. The number of aromatic nitrogens is 3. The molecule has 0 radical (unpaired) electrons. The van der Waals surface area contributed by atoms with Crippen LogP contribution in [0.5, 0.6) is 0 Å². The van der Waals surface area contributed by atoms with Crippen LogP contribution in [0.3, 0.4) is 0 Å². The summed E-state index contributed by atoms with van der Waals surface area (Å²) in [5, 5.41) is 3.54. The van der Waals surface area contributed by atoms with E-state index in [9.17, 15) is 0 Å². The number of nitrogens with one attached hydrogen (secondary N) is 1. The Bertz CT molecular complexity index is 692. The number of nitrogens with zero attached hydrogens (tertiary/aromatic N) is 3. The predicted octanol–water partition coefficient (Wildman–Crippen LogP) is 1.69. The summed E-state index contributed by atoms with van der Waals surface area (Å²) in [5.74, 6) is 2.72. The van der Waals surface area contributed by atoms with Gasteiger partial charge in [0.25, 0.3) is 0 Å². The molecule has 2 aromatic heterocycles.